The molecule has 0 atom stereocenters. The van der Waals surface area contributed by atoms with Crippen LogP contribution in [-0.2, 0) is 16.6 Å². The van der Waals surface area contributed by atoms with E-state index >= 15 is 0 Å². The summed E-state index contributed by atoms with van der Waals surface area (Å²) < 4.78 is 37.8. The molecule has 0 saturated heterocycles. The van der Waals surface area contributed by atoms with Gasteiger partial charge in [0.2, 0.25) is 21.7 Å². The van der Waals surface area contributed by atoms with Crippen LogP contribution in [0.5, 0.6) is 5.75 Å². The molecule has 0 amide bonds. The fourth-order valence-electron chi connectivity index (χ4n) is 2.54. The summed E-state index contributed by atoms with van der Waals surface area (Å²) >= 11 is 0. The van der Waals surface area contributed by atoms with Gasteiger partial charge in [0.1, 0.15) is 5.75 Å². The second-order valence-corrected chi connectivity index (χ2v) is 7.57. The highest BCUT2D eigenvalue weighted by Gasteiger charge is 2.18. The SMILES string of the molecule is COc1cccc(-c2noc(CNS(=O)(=O)c3ccc(C)cc3C)n2)c1. The Balaban J connectivity index is 1.75. The normalized spacial score (nSPS) is 11.5. The first kappa shape index (κ1) is 18.1. The van der Waals surface area contributed by atoms with Gasteiger partial charge in [-0.05, 0) is 37.6 Å². The number of methoxy groups -OCH3 is 1. The topological polar surface area (TPSA) is 94.3 Å². The van der Waals surface area contributed by atoms with Gasteiger partial charge in [0.15, 0.2) is 0 Å². The first-order chi connectivity index (χ1) is 12.4. The predicted molar refractivity (Wildman–Crippen MR) is 96.2 cm³/mol. The summed E-state index contributed by atoms with van der Waals surface area (Å²) in [5.74, 6) is 1.21. The van der Waals surface area contributed by atoms with Crippen LogP contribution in [0.2, 0.25) is 0 Å². The lowest BCUT2D eigenvalue weighted by molar-refractivity contribution is 0.376. The van der Waals surface area contributed by atoms with E-state index in [0.29, 0.717) is 17.1 Å². The van der Waals surface area contributed by atoms with Crippen LogP contribution >= 0.6 is 0 Å². The average molecular weight is 373 g/mol. The maximum atomic E-state index is 12.5. The van der Waals surface area contributed by atoms with E-state index in [1.165, 1.54) is 0 Å². The molecule has 0 aliphatic carbocycles. The minimum Gasteiger partial charge on any atom is -0.497 e. The number of aryl methyl sites for hydroxylation is 2. The molecule has 0 unspecified atom stereocenters. The minimum atomic E-state index is -3.67. The van der Waals surface area contributed by atoms with Gasteiger partial charge < -0.3 is 9.26 Å². The zero-order chi connectivity index (χ0) is 18.7. The molecular weight excluding hydrogens is 354 g/mol. The Morgan fingerprint density at radius 1 is 1.15 bits per heavy atom. The molecule has 0 radical (unpaired) electrons. The molecule has 3 rings (SSSR count). The molecule has 0 bridgehead atoms. The molecule has 26 heavy (non-hydrogen) atoms. The highest BCUT2D eigenvalue weighted by Crippen LogP contribution is 2.21. The molecule has 8 heteroatoms. The maximum absolute atomic E-state index is 12.5. The summed E-state index contributed by atoms with van der Waals surface area (Å²) in [5.41, 5.74) is 2.40. The van der Waals surface area contributed by atoms with Crippen molar-refractivity contribution >= 4 is 10.0 Å². The van der Waals surface area contributed by atoms with Crippen LogP contribution in [-0.4, -0.2) is 25.7 Å². The largest absolute Gasteiger partial charge is 0.497 e. The first-order valence-electron chi connectivity index (χ1n) is 7.93. The fraction of sp³-hybridized carbons (Fsp3) is 0.222. The van der Waals surface area contributed by atoms with E-state index in [9.17, 15) is 8.42 Å². The van der Waals surface area contributed by atoms with Gasteiger partial charge in [-0.2, -0.15) is 4.98 Å². The van der Waals surface area contributed by atoms with Gasteiger partial charge in [-0.3, -0.25) is 0 Å². The van der Waals surface area contributed by atoms with Crippen LogP contribution in [0.15, 0.2) is 51.9 Å². The summed E-state index contributed by atoms with van der Waals surface area (Å²) in [6, 6.07) is 12.4. The van der Waals surface area contributed by atoms with Crippen molar-refractivity contribution in [2.24, 2.45) is 0 Å². The Morgan fingerprint density at radius 2 is 1.96 bits per heavy atom. The van der Waals surface area contributed by atoms with E-state index in [2.05, 4.69) is 14.9 Å². The van der Waals surface area contributed by atoms with E-state index in [-0.39, 0.29) is 17.3 Å². The maximum Gasteiger partial charge on any atom is 0.242 e. The van der Waals surface area contributed by atoms with Crippen molar-refractivity contribution in [3.05, 3.63) is 59.5 Å². The van der Waals surface area contributed by atoms with Crippen LogP contribution in [0, 0.1) is 13.8 Å². The number of nitrogens with zero attached hydrogens (tertiary/aromatic N) is 2. The van der Waals surface area contributed by atoms with Crippen LogP contribution < -0.4 is 9.46 Å². The molecule has 1 aromatic heterocycles. The molecule has 0 saturated carbocycles. The third-order valence-electron chi connectivity index (χ3n) is 3.83. The number of benzene rings is 2. The summed E-state index contributed by atoms with van der Waals surface area (Å²) in [6.45, 7) is 3.58. The van der Waals surface area contributed by atoms with Gasteiger partial charge in [-0.1, -0.05) is 35.0 Å². The first-order valence-corrected chi connectivity index (χ1v) is 9.41. The van der Waals surface area contributed by atoms with Crippen molar-refractivity contribution in [3.8, 4) is 17.1 Å². The molecule has 3 aromatic rings. The van der Waals surface area contributed by atoms with Crippen LogP contribution in [0.3, 0.4) is 0 Å². The highest BCUT2D eigenvalue weighted by atomic mass is 32.2. The summed E-state index contributed by atoms with van der Waals surface area (Å²) in [6.07, 6.45) is 0. The van der Waals surface area contributed by atoms with Crippen LogP contribution in [0.1, 0.15) is 17.0 Å². The Morgan fingerprint density at radius 3 is 2.69 bits per heavy atom. The van der Waals surface area contributed by atoms with E-state index in [0.717, 1.165) is 11.1 Å². The lowest BCUT2D eigenvalue weighted by atomic mass is 10.2. The summed E-state index contributed by atoms with van der Waals surface area (Å²) in [7, 11) is -2.10. The molecule has 0 spiro atoms. The molecule has 0 aliphatic rings. The minimum absolute atomic E-state index is 0.0907. The number of ether oxygens (including phenoxy) is 1. The number of nitrogens with one attached hydrogen (secondary N) is 1. The molecule has 136 valence electrons. The van der Waals surface area contributed by atoms with E-state index in [1.807, 2.05) is 31.2 Å². The van der Waals surface area contributed by atoms with Gasteiger partial charge in [0.25, 0.3) is 0 Å². The third-order valence-corrected chi connectivity index (χ3v) is 5.39. The van der Waals surface area contributed by atoms with Crippen molar-refractivity contribution < 1.29 is 17.7 Å². The molecule has 7 nitrogen and oxygen atoms in total. The van der Waals surface area contributed by atoms with Gasteiger partial charge in [0, 0.05) is 5.56 Å². The van der Waals surface area contributed by atoms with Crippen molar-refractivity contribution in [2.45, 2.75) is 25.3 Å². The van der Waals surface area contributed by atoms with E-state index < -0.39 is 10.0 Å². The molecular formula is C18H19N3O4S. The second-order valence-electron chi connectivity index (χ2n) is 5.84. The Bertz CT molecular complexity index is 1030. The monoisotopic (exact) mass is 373 g/mol. The van der Waals surface area contributed by atoms with Gasteiger partial charge >= 0.3 is 0 Å². The van der Waals surface area contributed by atoms with Gasteiger partial charge in [0.05, 0.1) is 18.6 Å². The quantitative estimate of drug-likeness (QED) is 0.714. The molecule has 1 heterocycles. The Kier molecular flexibility index (Phi) is 5.06. The van der Waals surface area contributed by atoms with Crippen molar-refractivity contribution in [1.82, 2.24) is 14.9 Å². The smallest absolute Gasteiger partial charge is 0.242 e. The summed E-state index contributed by atoms with van der Waals surface area (Å²) in [5, 5.41) is 3.89. The zero-order valence-electron chi connectivity index (χ0n) is 14.7. The van der Waals surface area contributed by atoms with Gasteiger partial charge in [-0.25, -0.2) is 13.1 Å². The predicted octanol–water partition coefficient (Wildman–Crippen LogP) is 2.84. The Hall–Kier alpha value is -2.71. The van der Waals surface area contributed by atoms with Crippen molar-refractivity contribution in [3.63, 3.8) is 0 Å². The van der Waals surface area contributed by atoms with Crippen molar-refractivity contribution in [1.29, 1.82) is 0 Å². The number of rotatable bonds is 6. The van der Waals surface area contributed by atoms with Gasteiger partial charge in [-0.15, -0.1) is 0 Å². The summed E-state index contributed by atoms with van der Waals surface area (Å²) in [4.78, 5) is 4.46. The molecule has 0 fully saturated rings. The van der Waals surface area contributed by atoms with E-state index in [4.69, 9.17) is 9.26 Å². The van der Waals surface area contributed by atoms with E-state index in [1.54, 1.807) is 32.2 Å². The number of hydrogen-bond acceptors (Lipinski definition) is 6. The molecule has 1 N–H and O–H groups in total. The third kappa shape index (κ3) is 3.92. The lowest BCUT2D eigenvalue weighted by Gasteiger charge is -2.08. The zero-order valence-corrected chi connectivity index (χ0v) is 15.5. The fourth-order valence-corrected chi connectivity index (χ4v) is 3.74. The number of sulfonamides is 1. The molecule has 2 aromatic carbocycles. The lowest BCUT2D eigenvalue weighted by Crippen LogP contribution is -2.24. The van der Waals surface area contributed by atoms with Crippen LogP contribution in [0.4, 0.5) is 0 Å². The highest BCUT2D eigenvalue weighted by molar-refractivity contribution is 7.89. The van der Waals surface area contributed by atoms with Crippen LogP contribution in [0.25, 0.3) is 11.4 Å². The second kappa shape index (κ2) is 7.27. The Labute approximate surface area is 152 Å². The standard InChI is InChI=1S/C18H19N3O4S/c1-12-7-8-16(13(2)9-12)26(22,23)19-11-17-20-18(21-25-17)14-5-4-6-15(10-14)24-3/h4-10,19H,11H2,1-3H3. The average Bonchev–Trinajstić information content (AvgIpc) is 3.09. The number of aromatic nitrogens is 2. The number of hydrogen-bond donors (Lipinski definition) is 1. The van der Waals surface area contributed by atoms with Crippen molar-refractivity contribution in [2.75, 3.05) is 7.11 Å². The molecule has 0 aliphatic heterocycles.